The van der Waals surface area contributed by atoms with Crippen molar-refractivity contribution in [1.29, 1.82) is 0 Å². The van der Waals surface area contributed by atoms with E-state index in [-0.39, 0.29) is 11.8 Å². The fourth-order valence-electron chi connectivity index (χ4n) is 3.55. The molecule has 2 aromatic carbocycles. The van der Waals surface area contributed by atoms with Gasteiger partial charge in [-0.1, -0.05) is 24.3 Å². The van der Waals surface area contributed by atoms with Gasteiger partial charge >= 0.3 is 0 Å². The Kier molecular flexibility index (Phi) is 5.36. The van der Waals surface area contributed by atoms with Gasteiger partial charge in [0.25, 0.3) is 11.8 Å². The normalized spacial score (nSPS) is 10.6. The molecule has 5 nitrogen and oxygen atoms in total. The topological polar surface area (TPSA) is 63.1 Å². The highest BCUT2D eigenvalue weighted by Crippen LogP contribution is 2.24. The van der Waals surface area contributed by atoms with Gasteiger partial charge in [0.15, 0.2) is 0 Å². The number of nitrogens with one attached hydrogen (secondary N) is 2. The fourth-order valence-corrected chi connectivity index (χ4v) is 3.55. The van der Waals surface area contributed by atoms with Crippen LogP contribution in [0.1, 0.15) is 43.2 Å². The summed E-state index contributed by atoms with van der Waals surface area (Å²) in [5.41, 5.74) is 6.39. The lowest BCUT2D eigenvalue weighted by Crippen LogP contribution is -2.22. The molecule has 1 aromatic heterocycles. The zero-order valence-corrected chi connectivity index (χ0v) is 16.9. The molecule has 0 spiro atoms. The second kappa shape index (κ2) is 7.72. The number of nitrogens with zero attached hydrogens (tertiary/aromatic N) is 1. The van der Waals surface area contributed by atoms with Crippen LogP contribution in [0.15, 0.2) is 48.5 Å². The van der Waals surface area contributed by atoms with Gasteiger partial charge in [-0.3, -0.25) is 9.59 Å². The van der Waals surface area contributed by atoms with Crippen molar-refractivity contribution in [3.05, 3.63) is 82.2 Å². The van der Waals surface area contributed by atoms with Gasteiger partial charge in [-0.05, 0) is 63.1 Å². The SMILES string of the molecule is CNC(=O)c1c(C)cccc1NC(=O)c1cc(C)n(-c2cccc(C)c2)c1C. The monoisotopic (exact) mass is 375 g/mol. The quantitative estimate of drug-likeness (QED) is 0.713. The third-order valence-electron chi connectivity index (χ3n) is 4.91. The highest BCUT2D eigenvalue weighted by atomic mass is 16.2. The number of aromatic nitrogens is 1. The molecule has 0 unspecified atom stereocenters. The zero-order chi connectivity index (χ0) is 20.4. The Balaban J connectivity index is 1.99. The summed E-state index contributed by atoms with van der Waals surface area (Å²) in [6, 6.07) is 15.5. The number of amides is 2. The number of aryl methyl sites for hydroxylation is 3. The van der Waals surface area contributed by atoms with Crippen LogP contribution in [-0.2, 0) is 0 Å². The van der Waals surface area contributed by atoms with Crippen molar-refractivity contribution < 1.29 is 9.59 Å². The van der Waals surface area contributed by atoms with Crippen molar-refractivity contribution in [3.8, 4) is 5.69 Å². The van der Waals surface area contributed by atoms with Crippen molar-refractivity contribution >= 4 is 17.5 Å². The second-order valence-electron chi connectivity index (χ2n) is 6.99. The number of carbonyl (C=O) groups excluding carboxylic acids is 2. The van der Waals surface area contributed by atoms with Crippen LogP contribution in [0.5, 0.6) is 0 Å². The molecule has 5 heteroatoms. The van der Waals surface area contributed by atoms with Gasteiger partial charge in [0.2, 0.25) is 0 Å². The summed E-state index contributed by atoms with van der Waals surface area (Å²) in [5.74, 6) is -0.457. The predicted molar refractivity (Wildman–Crippen MR) is 113 cm³/mol. The Morgan fingerprint density at radius 1 is 0.893 bits per heavy atom. The lowest BCUT2D eigenvalue weighted by molar-refractivity contribution is 0.0963. The summed E-state index contributed by atoms with van der Waals surface area (Å²) >= 11 is 0. The van der Waals surface area contributed by atoms with Gasteiger partial charge in [-0.15, -0.1) is 0 Å². The highest BCUT2D eigenvalue weighted by molar-refractivity contribution is 6.10. The Morgan fingerprint density at radius 2 is 1.61 bits per heavy atom. The average Bonchev–Trinajstić information content (AvgIpc) is 2.95. The highest BCUT2D eigenvalue weighted by Gasteiger charge is 2.20. The van der Waals surface area contributed by atoms with E-state index in [2.05, 4.69) is 21.3 Å². The van der Waals surface area contributed by atoms with E-state index >= 15 is 0 Å². The predicted octanol–water partition coefficient (Wildman–Crippen LogP) is 4.32. The Bertz CT molecular complexity index is 1060. The third kappa shape index (κ3) is 3.56. The first-order valence-electron chi connectivity index (χ1n) is 9.22. The Morgan fingerprint density at radius 3 is 2.29 bits per heavy atom. The van der Waals surface area contributed by atoms with E-state index < -0.39 is 0 Å². The van der Waals surface area contributed by atoms with Gasteiger partial charge in [0, 0.05) is 24.1 Å². The minimum absolute atomic E-state index is 0.223. The lowest BCUT2D eigenvalue weighted by atomic mass is 10.1. The van der Waals surface area contributed by atoms with Crippen molar-refractivity contribution in [2.75, 3.05) is 12.4 Å². The van der Waals surface area contributed by atoms with Gasteiger partial charge < -0.3 is 15.2 Å². The summed E-state index contributed by atoms with van der Waals surface area (Å²) in [4.78, 5) is 25.3. The number of anilines is 1. The molecular formula is C23H25N3O2. The first kappa shape index (κ1) is 19.4. The number of benzene rings is 2. The maximum absolute atomic E-state index is 13.0. The third-order valence-corrected chi connectivity index (χ3v) is 4.91. The van der Waals surface area contributed by atoms with Crippen LogP contribution in [0.3, 0.4) is 0 Å². The Labute approximate surface area is 165 Å². The molecule has 2 N–H and O–H groups in total. The molecule has 28 heavy (non-hydrogen) atoms. The van der Waals surface area contributed by atoms with Gasteiger partial charge in [0.05, 0.1) is 16.8 Å². The summed E-state index contributed by atoms with van der Waals surface area (Å²) in [6.45, 7) is 7.81. The van der Waals surface area contributed by atoms with Crippen LogP contribution in [-0.4, -0.2) is 23.4 Å². The minimum Gasteiger partial charge on any atom is -0.355 e. The van der Waals surface area contributed by atoms with Crippen LogP contribution in [0.25, 0.3) is 5.69 Å². The number of carbonyl (C=O) groups is 2. The molecule has 0 aliphatic carbocycles. The number of hydrogen-bond donors (Lipinski definition) is 2. The zero-order valence-electron chi connectivity index (χ0n) is 16.9. The largest absolute Gasteiger partial charge is 0.355 e. The van der Waals surface area contributed by atoms with E-state index in [1.54, 1.807) is 13.1 Å². The minimum atomic E-state index is -0.234. The van der Waals surface area contributed by atoms with E-state index in [0.717, 1.165) is 28.2 Å². The molecule has 3 aromatic rings. The summed E-state index contributed by atoms with van der Waals surface area (Å²) in [7, 11) is 1.58. The molecule has 0 saturated carbocycles. The van der Waals surface area contributed by atoms with Gasteiger partial charge in [0.1, 0.15) is 0 Å². The van der Waals surface area contributed by atoms with E-state index in [4.69, 9.17) is 0 Å². The van der Waals surface area contributed by atoms with Crippen molar-refractivity contribution in [1.82, 2.24) is 9.88 Å². The molecule has 0 radical (unpaired) electrons. The van der Waals surface area contributed by atoms with Crippen LogP contribution >= 0.6 is 0 Å². The summed E-state index contributed by atoms with van der Waals surface area (Å²) in [5, 5.41) is 5.55. The Hall–Kier alpha value is -3.34. The molecule has 0 saturated heterocycles. The van der Waals surface area contributed by atoms with Gasteiger partial charge in [-0.2, -0.15) is 0 Å². The summed E-state index contributed by atoms with van der Waals surface area (Å²) < 4.78 is 2.07. The molecule has 3 rings (SSSR count). The van der Waals surface area contributed by atoms with Crippen molar-refractivity contribution in [2.24, 2.45) is 0 Å². The van der Waals surface area contributed by atoms with Crippen LogP contribution in [0.4, 0.5) is 5.69 Å². The molecule has 0 aliphatic rings. The molecule has 0 fully saturated rings. The van der Waals surface area contributed by atoms with Crippen LogP contribution < -0.4 is 10.6 Å². The van der Waals surface area contributed by atoms with E-state index in [1.165, 1.54) is 0 Å². The molecule has 1 heterocycles. The molecule has 0 aliphatic heterocycles. The maximum atomic E-state index is 13.0. The summed E-state index contributed by atoms with van der Waals surface area (Å²) in [6.07, 6.45) is 0. The number of hydrogen-bond acceptors (Lipinski definition) is 2. The van der Waals surface area contributed by atoms with E-state index in [0.29, 0.717) is 16.8 Å². The average molecular weight is 375 g/mol. The molecule has 0 atom stereocenters. The van der Waals surface area contributed by atoms with E-state index in [1.807, 2.05) is 64.1 Å². The molecular weight excluding hydrogens is 350 g/mol. The smallest absolute Gasteiger partial charge is 0.257 e. The van der Waals surface area contributed by atoms with Gasteiger partial charge in [-0.25, -0.2) is 0 Å². The lowest BCUT2D eigenvalue weighted by Gasteiger charge is -2.13. The second-order valence-corrected chi connectivity index (χ2v) is 6.99. The first-order chi connectivity index (χ1) is 13.3. The van der Waals surface area contributed by atoms with Crippen molar-refractivity contribution in [2.45, 2.75) is 27.7 Å². The van der Waals surface area contributed by atoms with E-state index in [9.17, 15) is 9.59 Å². The number of rotatable bonds is 4. The van der Waals surface area contributed by atoms with Crippen LogP contribution in [0, 0.1) is 27.7 Å². The molecule has 144 valence electrons. The standard InChI is InChI=1S/C23H25N3O2/c1-14-8-6-10-18(12-14)26-16(3)13-19(17(26)4)22(27)25-20-11-7-9-15(2)21(20)23(28)24-5/h6-13H,1-5H3,(H,24,28)(H,25,27). The molecule has 2 amide bonds. The van der Waals surface area contributed by atoms with Crippen molar-refractivity contribution in [3.63, 3.8) is 0 Å². The fraction of sp³-hybridized carbons (Fsp3) is 0.217. The first-order valence-corrected chi connectivity index (χ1v) is 9.22. The maximum Gasteiger partial charge on any atom is 0.257 e. The molecule has 0 bridgehead atoms. The van der Waals surface area contributed by atoms with Crippen LogP contribution in [0.2, 0.25) is 0 Å².